The molecule has 138 valence electrons. The highest BCUT2D eigenvalue weighted by molar-refractivity contribution is 6.60. The van der Waals surface area contributed by atoms with E-state index in [9.17, 15) is 10.0 Å². The Morgan fingerprint density at radius 3 is 1.81 bits per heavy atom. The van der Waals surface area contributed by atoms with Crippen LogP contribution in [0.2, 0.25) is 0 Å². The number of benzene rings is 2. The van der Waals surface area contributed by atoms with E-state index >= 15 is 0 Å². The Bertz CT molecular complexity index is 865. The van der Waals surface area contributed by atoms with E-state index in [4.69, 9.17) is 0 Å². The predicted molar refractivity (Wildman–Crippen MR) is 111 cm³/mol. The molecule has 0 saturated heterocycles. The molecule has 3 heteroatoms. The number of rotatable bonds is 1. The molecule has 0 spiro atoms. The third-order valence-electron chi connectivity index (χ3n) is 5.81. The summed E-state index contributed by atoms with van der Waals surface area (Å²) in [6.45, 7) is 17.6. The molecule has 2 aromatic rings. The summed E-state index contributed by atoms with van der Waals surface area (Å²) in [7, 11) is -1.48. The van der Waals surface area contributed by atoms with Crippen LogP contribution in [0.1, 0.15) is 77.6 Å². The lowest BCUT2D eigenvalue weighted by Gasteiger charge is -2.27. The highest BCUT2D eigenvalue weighted by Crippen LogP contribution is 2.49. The first-order valence-electron chi connectivity index (χ1n) is 9.45. The third kappa shape index (κ3) is 2.91. The largest absolute Gasteiger partial charge is 0.489 e. The van der Waals surface area contributed by atoms with Crippen molar-refractivity contribution >= 4 is 12.6 Å². The Balaban J connectivity index is 2.35. The lowest BCUT2D eigenvalue weighted by molar-refractivity contribution is 0.425. The SMILES string of the molecule is CC(C)(C)c1ccc2c(c1)C(C)(C)c1cc(C(C)(C)C)cc(B(O)O)c1-2. The molecule has 26 heavy (non-hydrogen) atoms. The summed E-state index contributed by atoms with van der Waals surface area (Å²) >= 11 is 0. The summed E-state index contributed by atoms with van der Waals surface area (Å²) in [4.78, 5) is 0. The van der Waals surface area contributed by atoms with Gasteiger partial charge in [0.25, 0.3) is 0 Å². The summed E-state index contributed by atoms with van der Waals surface area (Å²) in [5.41, 5.74) is 7.49. The maximum absolute atomic E-state index is 10.1. The molecule has 2 N–H and O–H groups in total. The average Bonchev–Trinajstić information content (AvgIpc) is 2.73. The van der Waals surface area contributed by atoms with Gasteiger partial charge in [-0.3, -0.25) is 0 Å². The molecule has 0 amide bonds. The third-order valence-corrected chi connectivity index (χ3v) is 5.81. The normalized spacial score (nSPS) is 15.6. The van der Waals surface area contributed by atoms with Gasteiger partial charge < -0.3 is 10.0 Å². The van der Waals surface area contributed by atoms with Crippen molar-refractivity contribution in [2.75, 3.05) is 0 Å². The summed E-state index contributed by atoms with van der Waals surface area (Å²) in [5.74, 6) is 0. The second kappa shape index (κ2) is 5.71. The number of hydrogen-bond donors (Lipinski definition) is 2. The lowest BCUT2D eigenvalue weighted by atomic mass is 9.70. The average molecular weight is 350 g/mol. The van der Waals surface area contributed by atoms with Crippen LogP contribution in [0.3, 0.4) is 0 Å². The Hall–Kier alpha value is -1.58. The van der Waals surface area contributed by atoms with E-state index in [1.807, 2.05) is 6.07 Å². The summed E-state index contributed by atoms with van der Waals surface area (Å²) < 4.78 is 0. The van der Waals surface area contributed by atoms with Crippen LogP contribution in [-0.4, -0.2) is 17.2 Å². The molecular formula is C23H31BO2. The van der Waals surface area contributed by atoms with Crippen LogP contribution < -0.4 is 5.46 Å². The van der Waals surface area contributed by atoms with E-state index in [-0.39, 0.29) is 16.2 Å². The zero-order valence-corrected chi connectivity index (χ0v) is 17.4. The van der Waals surface area contributed by atoms with E-state index in [2.05, 4.69) is 79.7 Å². The van der Waals surface area contributed by atoms with Gasteiger partial charge in [-0.25, -0.2) is 0 Å². The van der Waals surface area contributed by atoms with Gasteiger partial charge in [0.15, 0.2) is 0 Å². The van der Waals surface area contributed by atoms with Gasteiger partial charge in [0.05, 0.1) is 0 Å². The van der Waals surface area contributed by atoms with Crippen LogP contribution >= 0.6 is 0 Å². The van der Waals surface area contributed by atoms with Crippen LogP contribution in [0.15, 0.2) is 30.3 Å². The Morgan fingerprint density at radius 2 is 1.31 bits per heavy atom. The highest BCUT2D eigenvalue weighted by atomic mass is 16.4. The first-order chi connectivity index (χ1) is 11.7. The van der Waals surface area contributed by atoms with Crippen molar-refractivity contribution in [1.82, 2.24) is 0 Å². The Labute approximate surface area is 158 Å². The zero-order chi connectivity index (χ0) is 19.7. The maximum Gasteiger partial charge on any atom is 0.489 e. The topological polar surface area (TPSA) is 40.5 Å². The number of fused-ring (bicyclic) bond motifs is 3. The molecular weight excluding hydrogens is 319 g/mol. The minimum atomic E-state index is -1.48. The molecule has 0 radical (unpaired) electrons. The molecule has 1 aliphatic rings. The predicted octanol–water partition coefficient (Wildman–Crippen LogP) is 4.27. The molecule has 1 aliphatic carbocycles. The smallest absolute Gasteiger partial charge is 0.423 e. The fourth-order valence-corrected chi connectivity index (χ4v) is 3.99. The molecule has 0 aromatic heterocycles. The highest BCUT2D eigenvalue weighted by Gasteiger charge is 2.40. The monoisotopic (exact) mass is 350 g/mol. The van der Waals surface area contributed by atoms with Gasteiger partial charge in [0.2, 0.25) is 0 Å². The van der Waals surface area contributed by atoms with Crippen molar-refractivity contribution in [3.8, 4) is 11.1 Å². The van der Waals surface area contributed by atoms with Crippen molar-refractivity contribution < 1.29 is 10.0 Å². The second-order valence-electron chi connectivity index (χ2n) is 10.2. The molecule has 0 unspecified atom stereocenters. The summed E-state index contributed by atoms with van der Waals surface area (Å²) in [5, 5.41) is 20.2. The lowest BCUT2D eigenvalue weighted by Crippen LogP contribution is -2.34. The molecule has 0 aliphatic heterocycles. The fraction of sp³-hybridized carbons (Fsp3) is 0.478. The van der Waals surface area contributed by atoms with Crippen molar-refractivity contribution in [1.29, 1.82) is 0 Å². The molecule has 3 rings (SSSR count). The Kier molecular flexibility index (Phi) is 4.21. The molecule has 2 aromatic carbocycles. The molecule has 2 nitrogen and oxygen atoms in total. The van der Waals surface area contributed by atoms with Crippen LogP contribution in [0.4, 0.5) is 0 Å². The van der Waals surface area contributed by atoms with Gasteiger partial charge in [-0.2, -0.15) is 0 Å². The van der Waals surface area contributed by atoms with Gasteiger partial charge >= 0.3 is 7.12 Å². The van der Waals surface area contributed by atoms with E-state index < -0.39 is 7.12 Å². The van der Waals surface area contributed by atoms with E-state index in [0.717, 1.165) is 16.7 Å². The van der Waals surface area contributed by atoms with Crippen molar-refractivity contribution in [2.45, 2.75) is 71.6 Å². The second-order valence-corrected chi connectivity index (χ2v) is 10.2. The van der Waals surface area contributed by atoms with Crippen molar-refractivity contribution in [2.24, 2.45) is 0 Å². The van der Waals surface area contributed by atoms with Gasteiger partial charge in [-0.15, -0.1) is 0 Å². The minimum Gasteiger partial charge on any atom is -0.423 e. The molecule has 0 saturated carbocycles. The van der Waals surface area contributed by atoms with Crippen LogP contribution in [0, 0.1) is 0 Å². The summed E-state index contributed by atoms with van der Waals surface area (Å²) in [6.07, 6.45) is 0. The standard InChI is InChI=1S/C23H31BO2/c1-21(2,3)14-9-10-16-17(11-14)23(7,8)18-12-15(22(4,5)6)13-19(20(16)18)24(25)26/h9-13,25-26H,1-8H3. The minimum absolute atomic E-state index is 0.0555. The van der Waals surface area contributed by atoms with E-state index in [0.29, 0.717) is 5.46 Å². The maximum atomic E-state index is 10.1. The van der Waals surface area contributed by atoms with Crippen LogP contribution in [0.5, 0.6) is 0 Å². The zero-order valence-electron chi connectivity index (χ0n) is 17.4. The van der Waals surface area contributed by atoms with Gasteiger partial charge in [0, 0.05) is 5.41 Å². The quantitative estimate of drug-likeness (QED) is 0.754. The molecule has 0 fully saturated rings. The number of hydrogen-bond acceptors (Lipinski definition) is 2. The molecule has 0 heterocycles. The van der Waals surface area contributed by atoms with Gasteiger partial charge in [-0.1, -0.05) is 85.7 Å². The van der Waals surface area contributed by atoms with Gasteiger partial charge in [0.1, 0.15) is 0 Å². The molecule has 0 bridgehead atoms. The van der Waals surface area contributed by atoms with Crippen molar-refractivity contribution in [3.05, 3.63) is 52.6 Å². The van der Waals surface area contributed by atoms with Crippen molar-refractivity contribution in [3.63, 3.8) is 0 Å². The van der Waals surface area contributed by atoms with Crippen LogP contribution in [0.25, 0.3) is 11.1 Å². The molecule has 0 atom stereocenters. The van der Waals surface area contributed by atoms with E-state index in [1.165, 1.54) is 16.7 Å². The summed E-state index contributed by atoms with van der Waals surface area (Å²) in [6, 6.07) is 10.9. The fourth-order valence-electron chi connectivity index (χ4n) is 3.99. The van der Waals surface area contributed by atoms with E-state index in [1.54, 1.807) is 0 Å². The van der Waals surface area contributed by atoms with Gasteiger partial charge in [-0.05, 0) is 49.7 Å². The van der Waals surface area contributed by atoms with Crippen LogP contribution in [-0.2, 0) is 16.2 Å². The Morgan fingerprint density at radius 1 is 0.769 bits per heavy atom. The first-order valence-corrected chi connectivity index (χ1v) is 9.45. The first kappa shape index (κ1) is 19.2.